The van der Waals surface area contributed by atoms with Crippen LogP contribution in [-0.2, 0) is 0 Å². The predicted molar refractivity (Wildman–Crippen MR) is 95.5 cm³/mol. The van der Waals surface area contributed by atoms with Gasteiger partial charge < -0.3 is 20.7 Å². The molecular weight excluding hydrogens is 322 g/mol. The number of carbonyl (C=O) groups excluding carboxylic acids is 1. The second-order valence-corrected chi connectivity index (χ2v) is 5.37. The van der Waals surface area contributed by atoms with Crippen molar-refractivity contribution in [2.45, 2.75) is 0 Å². The number of para-hydroxylation sites is 1. The van der Waals surface area contributed by atoms with Crippen LogP contribution in [0.2, 0.25) is 0 Å². The lowest BCUT2D eigenvalue weighted by atomic mass is 10.1. The molecule has 0 aliphatic heterocycles. The Bertz CT molecular complexity index is 1020. The summed E-state index contributed by atoms with van der Waals surface area (Å²) in [6.45, 7) is 0. The van der Waals surface area contributed by atoms with E-state index >= 15 is 0 Å². The van der Waals surface area contributed by atoms with Gasteiger partial charge in [0.05, 0.1) is 16.8 Å². The summed E-state index contributed by atoms with van der Waals surface area (Å²) < 4.78 is 0. The monoisotopic (exact) mass is 337 g/mol. The van der Waals surface area contributed by atoms with Gasteiger partial charge >= 0.3 is 5.97 Å². The number of carbonyl (C=O) groups is 2. The molecule has 0 fully saturated rings. The molecule has 25 heavy (non-hydrogen) atoms. The normalized spacial score (nSPS) is 10.4. The molecular formula is C18H15N3O4. The van der Waals surface area contributed by atoms with Gasteiger partial charge in [0.15, 0.2) is 0 Å². The third-order valence-corrected chi connectivity index (χ3v) is 3.78. The highest BCUT2D eigenvalue weighted by molar-refractivity contribution is 6.06. The van der Waals surface area contributed by atoms with Crippen molar-refractivity contribution >= 4 is 34.2 Å². The molecule has 0 saturated heterocycles. The number of pyridine rings is 1. The summed E-state index contributed by atoms with van der Waals surface area (Å²) in [5, 5.41) is 15.2. The van der Waals surface area contributed by atoms with Crippen LogP contribution in [0.3, 0.4) is 0 Å². The summed E-state index contributed by atoms with van der Waals surface area (Å²) in [5.74, 6) is -1.62. The number of hydrogen-bond donors (Lipinski definition) is 4. The van der Waals surface area contributed by atoms with Crippen LogP contribution < -0.4 is 16.2 Å². The van der Waals surface area contributed by atoms with Crippen molar-refractivity contribution in [3.63, 3.8) is 0 Å². The number of carboxylic acids is 1. The lowest BCUT2D eigenvalue weighted by Crippen LogP contribution is -2.23. The van der Waals surface area contributed by atoms with E-state index in [-0.39, 0.29) is 11.1 Å². The molecule has 4 N–H and O–H groups in total. The number of nitrogens with one attached hydrogen (secondary N) is 3. The number of aromatic amines is 1. The van der Waals surface area contributed by atoms with Crippen LogP contribution in [0.5, 0.6) is 0 Å². The smallest absolute Gasteiger partial charge is 0.335 e. The van der Waals surface area contributed by atoms with Gasteiger partial charge in [-0.05, 0) is 36.4 Å². The molecule has 2 aromatic carbocycles. The van der Waals surface area contributed by atoms with Gasteiger partial charge in [0.2, 0.25) is 0 Å². The SMILES string of the molecule is CNc1cccc2cc(C(=O)Nc3ccc(C(=O)O)cc3)c(=O)[nH]c12. The zero-order chi connectivity index (χ0) is 18.0. The van der Waals surface area contributed by atoms with E-state index in [2.05, 4.69) is 15.6 Å². The first kappa shape index (κ1) is 16.3. The van der Waals surface area contributed by atoms with Crippen molar-refractivity contribution in [1.82, 2.24) is 4.98 Å². The van der Waals surface area contributed by atoms with E-state index < -0.39 is 17.4 Å². The van der Waals surface area contributed by atoms with Crippen molar-refractivity contribution in [2.75, 3.05) is 17.7 Å². The Hall–Kier alpha value is -3.61. The fraction of sp³-hybridized carbons (Fsp3) is 0.0556. The molecule has 7 nitrogen and oxygen atoms in total. The number of aromatic nitrogens is 1. The van der Waals surface area contributed by atoms with Crippen LogP contribution in [-0.4, -0.2) is 29.0 Å². The highest BCUT2D eigenvalue weighted by Crippen LogP contribution is 2.20. The van der Waals surface area contributed by atoms with Crippen LogP contribution in [0.15, 0.2) is 53.3 Å². The van der Waals surface area contributed by atoms with E-state index in [0.717, 1.165) is 11.1 Å². The molecule has 1 heterocycles. The van der Waals surface area contributed by atoms with E-state index in [4.69, 9.17) is 5.11 Å². The van der Waals surface area contributed by atoms with Gasteiger partial charge in [-0.2, -0.15) is 0 Å². The van der Waals surface area contributed by atoms with Crippen LogP contribution in [0, 0.1) is 0 Å². The lowest BCUT2D eigenvalue weighted by Gasteiger charge is -2.08. The number of anilines is 2. The minimum Gasteiger partial charge on any atom is -0.478 e. The molecule has 0 saturated carbocycles. The van der Waals surface area contributed by atoms with Crippen LogP contribution >= 0.6 is 0 Å². The van der Waals surface area contributed by atoms with Crippen molar-refractivity contribution < 1.29 is 14.7 Å². The summed E-state index contributed by atoms with van der Waals surface area (Å²) in [7, 11) is 1.74. The van der Waals surface area contributed by atoms with E-state index in [1.807, 2.05) is 12.1 Å². The number of amides is 1. The van der Waals surface area contributed by atoms with Gasteiger partial charge in [-0.15, -0.1) is 0 Å². The summed E-state index contributed by atoms with van der Waals surface area (Å²) >= 11 is 0. The second-order valence-electron chi connectivity index (χ2n) is 5.37. The number of rotatable bonds is 4. The van der Waals surface area contributed by atoms with Crippen molar-refractivity contribution in [3.05, 3.63) is 70.0 Å². The molecule has 0 atom stereocenters. The topological polar surface area (TPSA) is 111 Å². The molecule has 3 aromatic rings. The molecule has 7 heteroatoms. The van der Waals surface area contributed by atoms with Gasteiger partial charge in [0.25, 0.3) is 11.5 Å². The Balaban J connectivity index is 1.93. The van der Waals surface area contributed by atoms with Crippen LogP contribution in [0.1, 0.15) is 20.7 Å². The van der Waals surface area contributed by atoms with Crippen molar-refractivity contribution in [2.24, 2.45) is 0 Å². The largest absolute Gasteiger partial charge is 0.478 e. The average molecular weight is 337 g/mol. The molecule has 0 aliphatic rings. The van der Waals surface area contributed by atoms with Gasteiger partial charge in [0.1, 0.15) is 5.56 Å². The highest BCUT2D eigenvalue weighted by atomic mass is 16.4. The highest BCUT2D eigenvalue weighted by Gasteiger charge is 2.13. The lowest BCUT2D eigenvalue weighted by molar-refractivity contribution is 0.0696. The van der Waals surface area contributed by atoms with Crippen molar-refractivity contribution in [3.8, 4) is 0 Å². The van der Waals surface area contributed by atoms with E-state index in [0.29, 0.717) is 11.2 Å². The Kier molecular flexibility index (Phi) is 4.21. The predicted octanol–water partition coefficient (Wildman–Crippen LogP) is 2.52. The molecule has 126 valence electrons. The number of H-pyrrole nitrogens is 1. The minimum atomic E-state index is -1.05. The quantitative estimate of drug-likeness (QED) is 0.584. The Labute approximate surface area is 142 Å². The first-order chi connectivity index (χ1) is 12.0. The summed E-state index contributed by atoms with van der Waals surface area (Å²) in [4.78, 5) is 38.2. The number of hydrogen-bond acceptors (Lipinski definition) is 4. The van der Waals surface area contributed by atoms with Crippen LogP contribution in [0.4, 0.5) is 11.4 Å². The van der Waals surface area contributed by atoms with Gasteiger partial charge in [0, 0.05) is 18.1 Å². The number of fused-ring (bicyclic) bond motifs is 1. The summed E-state index contributed by atoms with van der Waals surface area (Å²) in [6, 6.07) is 12.6. The second kappa shape index (κ2) is 6.48. The number of aromatic carboxylic acids is 1. The maximum absolute atomic E-state index is 12.4. The van der Waals surface area contributed by atoms with Crippen LogP contribution in [0.25, 0.3) is 10.9 Å². The minimum absolute atomic E-state index is 0.0249. The molecule has 1 aromatic heterocycles. The van der Waals surface area contributed by atoms with Crippen molar-refractivity contribution in [1.29, 1.82) is 0 Å². The number of benzene rings is 2. The molecule has 0 unspecified atom stereocenters. The summed E-state index contributed by atoms with van der Waals surface area (Å²) in [5.41, 5.74) is 1.36. The molecule has 0 aliphatic carbocycles. The molecule has 1 amide bonds. The Morgan fingerprint density at radius 1 is 1.08 bits per heavy atom. The molecule has 0 radical (unpaired) electrons. The zero-order valence-electron chi connectivity index (χ0n) is 13.3. The third kappa shape index (κ3) is 3.20. The fourth-order valence-corrected chi connectivity index (χ4v) is 2.50. The average Bonchev–Trinajstić information content (AvgIpc) is 2.61. The molecule has 0 bridgehead atoms. The van der Waals surface area contributed by atoms with E-state index in [1.165, 1.54) is 30.3 Å². The van der Waals surface area contributed by atoms with Gasteiger partial charge in [-0.25, -0.2) is 4.79 Å². The maximum Gasteiger partial charge on any atom is 0.335 e. The molecule has 3 rings (SSSR count). The van der Waals surface area contributed by atoms with E-state index in [9.17, 15) is 14.4 Å². The standard InChI is InChI=1S/C18H15N3O4/c1-19-14-4-2-3-11-9-13(17(23)21-15(11)14)16(22)20-12-7-5-10(6-8-12)18(24)25/h2-9,19H,1H3,(H,20,22)(H,21,23)(H,24,25). The van der Waals surface area contributed by atoms with Gasteiger partial charge in [-0.1, -0.05) is 12.1 Å². The Morgan fingerprint density at radius 3 is 2.44 bits per heavy atom. The summed E-state index contributed by atoms with van der Waals surface area (Å²) in [6.07, 6.45) is 0. The first-order valence-electron chi connectivity index (χ1n) is 7.48. The maximum atomic E-state index is 12.4. The van der Waals surface area contributed by atoms with Gasteiger partial charge in [-0.3, -0.25) is 9.59 Å². The third-order valence-electron chi connectivity index (χ3n) is 3.78. The zero-order valence-corrected chi connectivity index (χ0v) is 13.3. The molecule has 0 spiro atoms. The van der Waals surface area contributed by atoms with E-state index in [1.54, 1.807) is 13.1 Å². The number of carboxylic acid groups (broad SMARTS) is 1. The Morgan fingerprint density at radius 2 is 1.80 bits per heavy atom. The first-order valence-corrected chi connectivity index (χ1v) is 7.48. The fourth-order valence-electron chi connectivity index (χ4n) is 2.50.